The number of rotatable bonds is 6. The first-order valence-electron chi connectivity index (χ1n) is 8.66. The number of nitrogens with zero attached hydrogens (tertiary/aromatic N) is 1. The molecule has 1 saturated heterocycles. The van der Waals surface area contributed by atoms with Gasteiger partial charge in [0.1, 0.15) is 24.1 Å². The number of hydrogen-bond acceptors (Lipinski definition) is 5. The summed E-state index contributed by atoms with van der Waals surface area (Å²) in [6.07, 6.45) is 0. The average molecular weight is 405 g/mol. The third-order valence-electron chi connectivity index (χ3n) is 4.43. The van der Waals surface area contributed by atoms with Crippen LogP contribution in [0.5, 0.6) is 11.5 Å². The average Bonchev–Trinajstić information content (AvgIpc) is 2.69. The topological polar surface area (TPSA) is 77.1 Å². The Morgan fingerprint density at radius 3 is 2.79 bits per heavy atom. The van der Waals surface area contributed by atoms with Crippen LogP contribution in [-0.4, -0.2) is 50.2 Å². The molecule has 28 heavy (non-hydrogen) atoms. The van der Waals surface area contributed by atoms with Crippen molar-refractivity contribution in [3.05, 3.63) is 53.1 Å². The molecular formula is C20H21ClN2O5. The van der Waals surface area contributed by atoms with E-state index in [0.717, 1.165) is 5.56 Å². The van der Waals surface area contributed by atoms with Gasteiger partial charge in [-0.15, -0.1) is 0 Å². The van der Waals surface area contributed by atoms with E-state index in [1.807, 2.05) is 6.07 Å². The number of halogens is 1. The first kappa shape index (κ1) is 20.0. The van der Waals surface area contributed by atoms with E-state index in [9.17, 15) is 9.59 Å². The van der Waals surface area contributed by atoms with Crippen LogP contribution in [0.4, 0.5) is 5.69 Å². The van der Waals surface area contributed by atoms with Gasteiger partial charge in [-0.25, -0.2) is 0 Å². The van der Waals surface area contributed by atoms with Crippen molar-refractivity contribution in [2.45, 2.75) is 12.6 Å². The van der Waals surface area contributed by atoms with Crippen LogP contribution in [0.2, 0.25) is 5.02 Å². The summed E-state index contributed by atoms with van der Waals surface area (Å²) in [6.45, 7) is 0.249. The summed E-state index contributed by atoms with van der Waals surface area (Å²) in [6, 6.07) is 11.4. The molecule has 2 aromatic rings. The van der Waals surface area contributed by atoms with Crippen molar-refractivity contribution >= 4 is 29.1 Å². The van der Waals surface area contributed by atoms with Gasteiger partial charge in [0.2, 0.25) is 11.8 Å². The molecule has 0 saturated carbocycles. The van der Waals surface area contributed by atoms with Crippen LogP contribution in [0.1, 0.15) is 5.56 Å². The Bertz CT molecular complexity index is 873. The highest BCUT2D eigenvalue weighted by atomic mass is 35.5. The first-order chi connectivity index (χ1) is 13.5. The van der Waals surface area contributed by atoms with Crippen LogP contribution in [0.15, 0.2) is 42.5 Å². The number of anilines is 1. The SMILES string of the molecule is COc1ccc(CN2C(=O)COC[C@H]2C(=O)Nc2cccc(Cl)c2)c(OC)c1. The molecule has 0 unspecified atom stereocenters. The number of nitrogens with one attached hydrogen (secondary N) is 1. The maximum Gasteiger partial charge on any atom is 0.249 e. The monoisotopic (exact) mass is 404 g/mol. The second-order valence-electron chi connectivity index (χ2n) is 6.23. The molecule has 1 aliphatic rings. The highest BCUT2D eigenvalue weighted by molar-refractivity contribution is 6.30. The van der Waals surface area contributed by atoms with E-state index >= 15 is 0 Å². The normalized spacial score (nSPS) is 16.6. The smallest absolute Gasteiger partial charge is 0.249 e. The van der Waals surface area contributed by atoms with Gasteiger partial charge >= 0.3 is 0 Å². The molecule has 3 rings (SSSR count). The lowest BCUT2D eigenvalue weighted by atomic mass is 10.1. The Balaban J connectivity index is 1.81. The Hall–Kier alpha value is -2.77. The molecule has 148 valence electrons. The van der Waals surface area contributed by atoms with Crippen molar-refractivity contribution in [2.75, 3.05) is 32.8 Å². The van der Waals surface area contributed by atoms with Crippen LogP contribution < -0.4 is 14.8 Å². The Labute approximate surface area is 168 Å². The summed E-state index contributed by atoms with van der Waals surface area (Å²) < 4.78 is 15.9. The van der Waals surface area contributed by atoms with E-state index in [1.54, 1.807) is 50.6 Å². The van der Waals surface area contributed by atoms with Crippen molar-refractivity contribution in [3.8, 4) is 11.5 Å². The van der Waals surface area contributed by atoms with Crippen LogP contribution in [0, 0.1) is 0 Å². The summed E-state index contributed by atoms with van der Waals surface area (Å²) in [5.41, 5.74) is 1.32. The van der Waals surface area contributed by atoms with Crippen LogP contribution in [-0.2, 0) is 20.9 Å². The van der Waals surface area contributed by atoms with Crippen molar-refractivity contribution in [1.29, 1.82) is 0 Å². The van der Waals surface area contributed by atoms with Gasteiger partial charge in [0.25, 0.3) is 0 Å². The number of carbonyl (C=O) groups excluding carboxylic acids is 2. The number of carbonyl (C=O) groups is 2. The number of hydrogen-bond donors (Lipinski definition) is 1. The standard InChI is InChI=1S/C20H21ClN2O5/c1-26-16-7-6-13(18(9-16)27-2)10-23-17(11-28-12-19(23)24)20(25)22-15-5-3-4-14(21)8-15/h3-9,17H,10-12H2,1-2H3,(H,22,25)/t17-/m0/s1. The van der Waals surface area contributed by atoms with Crippen LogP contribution in [0.25, 0.3) is 0 Å². The summed E-state index contributed by atoms with van der Waals surface area (Å²) in [7, 11) is 3.11. The summed E-state index contributed by atoms with van der Waals surface area (Å²) in [5, 5.41) is 3.30. The molecule has 0 spiro atoms. The summed E-state index contributed by atoms with van der Waals surface area (Å²) >= 11 is 5.97. The highest BCUT2D eigenvalue weighted by Gasteiger charge is 2.34. The quantitative estimate of drug-likeness (QED) is 0.801. The van der Waals surface area contributed by atoms with Crippen molar-refractivity contribution in [2.24, 2.45) is 0 Å². The molecule has 1 atom stereocenters. The van der Waals surface area contributed by atoms with Gasteiger partial charge in [-0.3, -0.25) is 9.59 Å². The third kappa shape index (κ3) is 4.55. The second-order valence-corrected chi connectivity index (χ2v) is 6.67. The number of morpholine rings is 1. The Kier molecular flexibility index (Phi) is 6.38. The Morgan fingerprint density at radius 2 is 2.07 bits per heavy atom. The van der Waals surface area contributed by atoms with Crippen LogP contribution in [0.3, 0.4) is 0 Å². The minimum atomic E-state index is -0.771. The number of methoxy groups -OCH3 is 2. The van der Waals surface area contributed by atoms with E-state index in [-0.39, 0.29) is 31.6 Å². The van der Waals surface area contributed by atoms with Crippen molar-refractivity contribution in [1.82, 2.24) is 4.90 Å². The number of benzene rings is 2. The maximum atomic E-state index is 12.8. The molecule has 0 aliphatic carbocycles. The summed E-state index contributed by atoms with van der Waals surface area (Å²) in [4.78, 5) is 26.8. The molecule has 1 aliphatic heterocycles. The lowest BCUT2D eigenvalue weighted by molar-refractivity contribution is -0.154. The largest absolute Gasteiger partial charge is 0.497 e. The van der Waals surface area contributed by atoms with Crippen molar-refractivity contribution in [3.63, 3.8) is 0 Å². The molecule has 0 radical (unpaired) electrons. The lowest BCUT2D eigenvalue weighted by Gasteiger charge is -2.34. The van der Waals surface area contributed by atoms with Gasteiger partial charge in [-0.05, 0) is 30.3 Å². The van der Waals surface area contributed by atoms with E-state index in [1.165, 1.54) is 4.90 Å². The Morgan fingerprint density at radius 1 is 1.25 bits per heavy atom. The number of amides is 2. The highest BCUT2D eigenvalue weighted by Crippen LogP contribution is 2.27. The zero-order chi connectivity index (χ0) is 20.1. The van der Waals surface area contributed by atoms with Gasteiger partial charge in [0, 0.05) is 22.3 Å². The molecule has 1 heterocycles. The fourth-order valence-corrected chi connectivity index (χ4v) is 3.17. The van der Waals surface area contributed by atoms with Gasteiger partial charge < -0.3 is 24.4 Å². The van der Waals surface area contributed by atoms with Gasteiger partial charge in [-0.1, -0.05) is 17.7 Å². The predicted octanol–water partition coefficient (Wildman–Crippen LogP) is 2.72. The van der Waals surface area contributed by atoms with Gasteiger partial charge in [0.15, 0.2) is 0 Å². The fraction of sp³-hybridized carbons (Fsp3) is 0.300. The second kappa shape index (κ2) is 8.95. The van der Waals surface area contributed by atoms with Gasteiger partial charge in [0.05, 0.1) is 27.4 Å². The minimum absolute atomic E-state index is 0.0700. The maximum absolute atomic E-state index is 12.8. The van der Waals surface area contributed by atoms with E-state index in [2.05, 4.69) is 5.32 Å². The van der Waals surface area contributed by atoms with Crippen molar-refractivity contribution < 1.29 is 23.8 Å². The first-order valence-corrected chi connectivity index (χ1v) is 9.04. The molecule has 1 fully saturated rings. The lowest BCUT2D eigenvalue weighted by Crippen LogP contribution is -2.54. The zero-order valence-electron chi connectivity index (χ0n) is 15.6. The molecule has 2 amide bonds. The van der Waals surface area contributed by atoms with E-state index in [0.29, 0.717) is 22.2 Å². The van der Waals surface area contributed by atoms with Crippen LogP contribution >= 0.6 is 11.6 Å². The predicted molar refractivity (Wildman–Crippen MR) is 105 cm³/mol. The van der Waals surface area contributed by atoms with E-state index < -0.39 is 6.04 Å². The molecule has 8 heteroatoms. The third-order valence-corrected chi connectivity index (χ3v) is 4.66. The molecular weight excluding hydrogens is 384 g/mol. The molecule has 0 bridgehead atoms. The molecule has 7 nitrogen and oxygen atoms in total. The van der Waals surface area contributed by atoms with Gasteiger partial charge in [-0.2, -0.15) is 0 Å². The van der Waals surface area contributed by atoms with E-state index in [4.69, 9.17) is 25.8 Å². The summed E-state index contributed by atoms with van der Waals surface area (Å²) in [5.74, 6) is 0.606. The zero-order valence-corrected chi connectivity index (χ0v) is 16.4. The molecule has 1 N–H and O–H groups in total. The minimum Gasteiger partial charge on any atom is -0.497 e. The fourth-order valence-electron chi connectivity index (χ4n) is 2.98. The number of ether oxygens (including phenoxy) is 3. The molecule has 2 aromatic carbocycles. The molecule has 0 aromatic heterocycles.